The Balaban J connectivity index is 1.16. The third kappa shape index (κ3) is 9.99. The highest BCUT2D eigenvalue weighted by Crippen LogP contribution is 2.36. The fourth-order valence-corrected chi connectivity index (χ4v) is 7.16. The van der Waals surface area contributed by atoms with E-state index in [1.807, 2.05) is 42.5 Å². The molecule has 1 fully saturated rings. The summed E-state index contributed by atoms with van der Waals surface area (Å²) in [5.74, 6) is 1.73. The molecular weight excluding hydrogens is 616 g/mol. The van der Waals surface area contributed by atoms with E-state index >= 15 is 0 Å². The number of benzene rings is 3. The van der Waals surface area contributed by atoms with Gasteiger partial charge in [0.2, 0.25) is 5.91 Å². The maximum atomic E-state index is 13.6. The predicted molar refractivity (Wildman–Crippen MR) is 185 cm³/mol. The van der Waals surface area contributed by atoms with Gasteiger partial charge in [-0.25, -0.2) is 9.10 Å². The van der Waals surface area contributed by atoms with Gasteiger partial charge in [0.05, 0.1) is 19.8 Å². The van der Waals surface area contributed by atoms with E-state index in [1.165, 1.54) is 0 Å². The Kier molecular flexibility index (Phi) is 13.0. The fourth-order valence-electron chi connectivity index (χ4n) is 5.91. The molecule has 2 heterocycles. The van der Waals surface area contributed by atoms with Gasteiger partial charge < -0.3 is 34.9 Å². The first-order valence-electron chi connectivity index (χ1n) is 16.7. The third-order valence-electron chi connectivity index (χ3n) is 8.38. The lowest BCUT2D eigenvalue weighted by atomic mass is 9.98. The van der Waals surface area contributed by atoms with Crippen molar-refractivity contribution < 1.29 is 28.9 Å². The van der Waals surface area contributed by atoms with Gasteiger partial charge in [-0.05, 0) is 65.2 Å². The summed E-state index contributed by atoms with van der Waals surface area (Å²) < 4.78 is 19.1. The van der Waals surface area contributed by atoms with Crippen molar-refractivity contribution in [3.05, 3.63) is 66.2 Å². The van der Waals surface area contributed by atoms with Crippen LogP contribution in [0.4, 0.5) is 4.79 Å². The number of urea groups is 1. The lowest BCUT2D eigenvalue weighted by Gasteiger charge is -2.31. The molecule has 2 aliphatic rings. The lowest BCUT2D eigenvalue weighted by Crippen LogP contribution is -2.54. The van der Waals surface area contributed by atoms with Crippen LogP contribution in [-0.4, -0.2) is 97.5 Å². The van der Waals surface area contributed by atoms with Crippen LogP contribution in [0.3, 0.4) is 0 Å². The zero-order chi connectivity index (χ0) is 33.0. The molecule has 3 aromatic rings. The van der Waals surface area contributed by atoms with Crippen LogP contribution >= 0.6 is 11.9 Å². The fraction of sp³-hybridized carbons (Fsp3) is 0.500. The zero-order valence-electron chi connectivity index (χ0n) is 27.5. The van der Waals surface area contributed by atoms with E-state index in [2.05, 4.69) is 47.0 Å². The van der Waals surface area contributed by atoms with Crippen LogP contribution in [0, 0.1) is 5.92 Å². The minimum absolute atomic E-state index is 0.0390. The van der Waals surface area contributed by atoms with E-state index in [9.17, 15) is 14.7 Å². The van der Waals surface area contributed by atoms with Gasteiger partial charge in [0, 0.05) is 43.5 Å². The summed E-state index contributed by atoms with van der Waals surface area (Å²) in [4.78, 5) is 29.4. The molecule has 0 bridgehead atoms. The van der Waals surface area contributed by atoms with Gasteiger partial charge in [0.1, 0.15) is 19.3 Å². The van der Waals surface area contributed by atoms with Crippen molar-refractivity contribution in [2.75, 3.05) is 59.2 Å². The molecule has 2 atom stereocenters. The van der Waals surface area contributed by atoms with E-state index < -0.39 is 6.04 Å². The molecule has 0 unspecified atom stereocenters. The van der Waals surface area contributed by atoms with Crippen LogP contribution in [0.2, 0.25) is 0 Å². The number of carbonyl (C=O) groups is 2. The Morgan fingerprint density at radius 2 is 1.72 bits per heavy atom. The Morgan fingerprint density at radius 1 is 0.957 bits per heavy atom. The molecule has 10 nitrogen and oxygen atoms in total. The lowest BCUT2D eigenvalue weighted by molar-refractivity contribution is -0.123. The summed E-state index contributed by atoms with van der Waals surface area (Å²) in [5, 5.41) is 18.6. The number of morpholine rings is 1. The molecule has 0 saturated carbocycles. The molecule has 11 heteroatoms. The molecule has 0 spiro atoms. The second kappa shape index (κ2) is 17.6. The molecule has 0 aliphatic carbocycles. The number of rotatable bonds is 15. The largest absolute Gasteiger partial charge is 0.486 e. The summed E-state index contributed by atoms with van der Waals surface area (Å²) in [6, 6.07) is 19.1. The Morgan fingerprint density at radius 3 is 2.51 bits per heavy atom. The maximum absolute atomic E-state index is 13.6. The van der Waals surface area contributed by atoms with Crippen molar-refractivity contribution >= 4 is 34.7 Å². The molecular formula is C36H48N4O6S. The number of unbranched alkanes of at least 4 members (excludes halogenated alkanes) is 1. The third-order valence-corrected chi connectivity index (χ3v) is 9.53. The Bertz CT molecular complexity index is 1460. The van der Waals surface area contributed by atoms with Crippen LogP contribution in [0.1, 0.15) is 38.7 Å². The van der Waals surface area contributed by atoms with Crippen molar-refractivity contribution in [2.24, 2.45) is 5.92 Å². The quantitative estimate of drug-likeness (QED) is 0.156. The van der Waals surface area contributed by atoms with Crippen molar-refractivity contribution in [1.82, 2.24) is 19.8 Å². The summed E-state index contributed by atoms with van der Waals surface area (Å²) in [6.45, 7) is 8.77. The van der Waals surface area contributed by atoms with Gasteiger partial charge in [-0.3, -0.25) is 4.79 Å². The maximum Gasteiger partial charge on any atom is 0.318 e. The SMILES string of the molecule is CC(C)CN(Sc1ccc2c(c1)OCCO2)[C@H](CO)CCCCNC(=O)[C@@H](Cc1cccc2ccccc12)NC(=O)N1CCOCC1. The number of hydrogen-bond donors (Lipinski definition) is 3. The number of fused-ring (bicyclic) bond motifs is 2. The highest BCUT2D eigenvalue weighted by atomic mass is 32.2. The molecule has 47 heavy (non-hydrogen) atoms. The number of hydrogen-bond acceptors (Lipinski definition) is 8. The molecule has 3 aromatic carbocycles. The molecule has 0 aromatic heterocycles. The molecule has 3 amide bonds. The number of nitrogens with zero attached hydrogens (tertiary/aromatic N) is 2. The molecule has 254 valence electrons. The van der Waals surface area contributed by atoms with E-state index in [0.29, 0.717) is 58.4 Å². The van der Waals surface area contributed by atoms with E-state index in [-0.39, 0.29) is 24.6 Å². The van der Waals surface area contributed by atoms with Crippen molar-refractivity contribution in [1.29, 1.82) is 0 Å². The second-order valence-electron chi connectivity index (χ2n) is 12.5. The van der Waals surface area contributed by atoms with Crippen LogP contribution in [0.25, 0.3) is 10.8 Å². The number of nitrogens with one attached hydrogen (secondary N) is 2. The van der Waals surface area contributed by atoms with Gasteiger partial charge in [0.25, 0.3) is 0 Å². The zero-order valence-corrected chi connectivity index (χ0v) is 28.3. The Labute approximate surface area is 282 Å². The number of ether oxygens (including phenoxy) is 3. The predicted octanol–water partition coefficient (Wildman–Crippen LogP) is 4.88. The first-order valence-corrected chi connectivity index (χ1v) is 17.5. The van der Waals surface area contributed by atoms with Crippen LogP contribution in [0.5, 0.6) is 11.5 Å². The normalized spacial score (nSPS) is 15.9. The van der Waals surface area contributed by atoms with Gasteiger partial charge in [-0.1, -0.05) is 62.7 Å². The van der Waals surface area contributed by atoms with Gasteiger partial charge in [0.15, 0.2) is 11.5 Å². The van der Waals surface area contributed by atoms with Gasteiger partial charge in [-0.15, -0.1) is 0 Å². The smallest absolute Gasteiger partial charge is 0.318 e. The number of aliphatic hydroxyl groups excluding tert-OH is 1. The monoisotopic (exact) mass is 664 g/mol. The Hall–Kier alpha value is -3.51. The van der Waals surface area contributed by atoms with Gasteiger partial charge >= 0.3 is 6.03 Å². The van der Waals surface area contributed by atoms with E-state index in [4.69, 9.17) is 14.2 Å². The second-order valence-corrected chi connectivity index (χ2v) is 13.6. The van der Waals surface area contributed by atoms with Crippen molar-refractivity contribution in [3.63, 3.8) is 0 Å². The average molecular weight is 665 g/mol. The summed E-state index contributed by atoms with van der Waals surface area (Å²) in [7, 11) is 0. The summed E-state index contributed by atoms with van der Waals surface area (Å²) in [5.41, 5.74) is 1.01. The number of carbonyl (C=O) groups excluding carboxylic acids is 2. The molecule has 2 aliphatic heterocycles. The minimum Gasteiger partial charge on any atom is -0.486 e. The van der Waals surface area contributed by atoms with Crippen molar-refractivity contribution in [3.8, 4) is 11.5 Å². The first-order chi connectivity index (χ1) is 22.9. The van der Waals surface area contributed by atoms with E-state index in [1.54, 1.807) is 16.8 Å². The minimum atomic E-state index is -0.717. The van der Waals surface area contributed by atoms with Gasteiger partial charge in [-0.2, -0.15) is 0 Å². The average Bonchev–Trinajstić information content (AvgIpc) is 3.09. The molecule has 3 N–H and O–H groups in total. The first kappa shape index (κ1) is 34.8. The molecule has 5 rings (SSSR count). The number of amides is 3. The topological polar surface area (TPSA) is 113 Å². The standard InChI is InChI=1S/C36H48N4O6S/c1-26(2)24-40(47-30-13-14-33-34(23-30)46-21-20-45-33)29(25-41)11-5-6-15-37-35(42)32(38-36(43)39-16-18-44-19-17-39)22-28-10-7-9-27-8-3-4-12-31(27)28/h3-4,7-10,12-14,23,26,29,32,41H,5-6,11,15-22,24-25H2,1-2H3,(H,37,42)(H,38,43)/t29-,32+/m0/s1. The number of aliphatic hydroxyl groups is 1. The van der Waals surface area contributed by atoms with Crippen molar-refractivity contribution in [2.45, 2.75) is 56.5 Å². The molecule has 1 saturated heterocycles. The van der Waals surface area contributed by atoms with Crippen LogP contribution in [-0.2, 0) is 16.0 Å². The van der Waals surface area contributed by atoms with Crippen LogP contribution < -0.4 is 20.1 Å². The highest BCUT2D eigenvalue weighted by Gasteiger charge is 2.26. The molecule has 0 radical (unpaired) electrons. The summed E-state index contributed by atoms with van der Waals surface area (Å²) >= 11 is 1.63. The van der Waals surface area contributed by atoms with E-state index in [0.717, 1.165) is 58.5 Å². The summed E-state index contributed by atoms with van der Waals surface area (Å²) in [6.07, 6.45) is 2.75. The van der Waals surface area contributed by atoms with Crippen LogP contribution in [0.15, 0.2) is 65.6 Å². The highest BCUT2D eigenvalue weighted by molar-refractivity contribution is 7.97.